The lowest BCUT2D eigenvalue weighted by molar-refractivity contribution is -0.122. The van der Waals surface area contributed by atoms with Crippen molar-refractivity contribution in [2.45, 2.75) is 45.1 Å². The maximum Gasteiger partial charge on any atom is 0.251 e. The maximum atomic E-state index is 12.1. The molecule has 0 bridgehead atoms. The molecule has 2 N–H and O–H groups in total. The van der Waals surface area contributed by atoms with E-state index >= 15 is 0 Å². The smallest absolute Gasteiger partial charge is 0.251 e. The summed E-state index contributed by atoms with van der Waals surface area (Å²) in [6, 6.07) is 7.36. The number of rotatable bonds is 8. The highest BCUT2D eigenvalue weighted by Gasteiger charge is 2.16. The van der Waals surface area contributed by atoms with E-state index in [9.17, 15) is 9.59 Å². The topological polar surface area (TPSA) is 67.4 Å². The molecular weight excluding hydrogens is 304 g/mol. The van der Waals surface area contributed by atoms with Crippen molar-refractivity contribution in [1.29, 1.82) is 0 Å². The molecule has 0 aliphatic heterocycles. The van der Waals surface area contributed by atoms with E-state index in [1.54, 1.807) is 13.2 Å². The minimum absolute atomic E-state index is 0.0956. The molecule has 0 heterocycles. The Morgan fingerprint density at radius 2 is 1.88 bits per heavy atom. The van der Waals surface area contributed by atoms with Crippen LogP contribution in [0, 0.1) is 5.92 Å². The summed E-state index contributed by atoms with van der Waals surface area (Å²) in [5.74, 6) is 0.504. The Morgan fingerprint density at radius 3 is 2.62 bits per heavy atom. The Kier molecular flexibility index (Phi) is 7.75. The van der Waals surface area contributed by atoms with Crippen LogP contribution in [0.1, 0.15) is 54.4 Å². The number of hydrogen-bond donors (Lipinski definition) is 2. The van der Waals surface area contributed by atoms with Crippen molar-refractivity contribution in [1.82, 2.24) is 10.6 Å². The summed E-state index contributed by atoms with van der Waals surface area (Å²) in [4.78, 5) is 24.0. The summed E-state index contributed by atoms with van der Waals surface area (Å²) in [5.41, 5.74) is 1.57. The summed E-state index contributed by atoms with van der Waals surface area (Å²) >= 11 is 0. The maximum absolute atomic E-state index is 12.1. The van der Waals surface area contributed by atoms with Gasteiger partial charge in [-0.25, -0.2) is 0 Å². The highest BCUT2D eigenvalue weighted by Crippen LogP contribution is 2.25. The summed E-state index contributed by atoms with van der Waals surface area (Å²) in [6.07, 6.45) is 6.75. The molecule has 132 valence electrons. The van der Waals surface area contributed by atoms with Crippen molar-refractivity contribution in [3.05, 3.63) is 35.4 Å². The lowest BCUT2D eigenvalue weighted by Crippen LogP contribution is -2.35. The van der Waals surface area contributed by atoms with Crippen LogP contribution in [-0.2, 0) is 16.1 Å². The first kappa shape index (κ1) is 18.5. The monoisotopic (exact) mass is 332 g/mol. The zero-order chi connectivity index (χ0) is 17.2. The van der Waals surface area contributed by atoms with Gasteiger partial charge in [-0.05, 0) is 36.5 Å². The summed E-state index contributed by atoms with van der Waals surface area (Å²) in [7, 11) is 1.63. The fourth-order valence-corrected chi connectivity index (χ4v) is 3.17. The second-order valence-corrected chi connectivity index (χ2v) is 6.45. The van der Waals surface area contributed by atoms with E-state index in [0.717, 1.165) is 5.56 Å². The highest BCUT2D eigenvalue weighted by molar-refractivity contribution is 5.94. The Morgan fingerprint density at radius 1 is 1.12 bits per heavy atom. The SMILES string of the molecule is COCc1cccc(C(=O)NCCNC(=O)CC2CCCCC2)c1. The van der Waals surface area contributed by atoms with E-state index in [-0.39, 0.29) is 11.8 Å². The van der Waals surface area contributed by atoms with Crippen LogP contribution in [0.25, 0.3) is 0 Å². The molecule has 5 nitrogen and oxygen atoms in total. The summed E-state index contributed by atoms with van der Waals surface area (Å²) in [5, 5.41) is 5.73. The van der Waals surface area contributed by atoms with Gasteiger partial charge in [-0.2, -0.15) is 0 Å². The van der Waals surface area contributed by atoms with E-state index in [1.807, 2.05) is 18.2 Å². The lowest BCUT2D eigenvalue weighted by atomic mass is 9.87. The molecule has 1 fully saturated rings. The van der Waals surface area contributed by atoms with Gasteiger partial charge in [0.25, 0.3) is 5.91 Å². The first-order chi connectivity index (χ1) is 11.7. The van der Waals surface area contributed by atoms with Gasteiger partial charge in [-0.3, -0.25) is 9.59 Å². The molecular formula is C19H28N2O3. The molecule has 0 atom stereocenters. The van der Waals surface area contributed by atoms with Gasteiger partial charge in [0.2, 0.25) is 5.91 Å². The van der Waals surface area contributed by atoms with Gasteiger partial charge in [0.1, 0.15) is 0 Å². The molecule has 0 radical (unpaired) electrons. The first-order valence-electron chi connectivity index (χ1n) is 8.82. The first-order valence-corrected chi connectivity index (χ1v) is 8.82. The van der Waals surface area contributed by atoms with Gasteiger partial charge < -0.3 is 15.4 Å². The van der Waals surface area contributed by atoms with Crippen LogP contribution >= 0.6 is 0 Å². The van der Waals surface area contributed by atoms with Gasteiger partial charge in [-0.15, -0.1) is 0 Å². The van der Waals surface area contributed by atoms with E-state index in [1.165, 1.54) is 32.1 Å². The second-order valence-electron chi connectivity index (χ2n) is 6.45. The third kappa shape index (κ3) is 6.32. The van der Waals surface area contributed by atoms with Gasteiger partial charge in [0.05, 0.1) is 6.61 Å². The zero-order valence-electron chi connectivity index (χ0n) is 14.5. The molecule has 0 spiro atoms. The molecule has 0 saturated heterocycles. The standard InChI is InChI=1S/C19H28N2O3/c1-24-14-16-8-5-9-17(12-16)19(23)21-11-10-20-18(22)13-15-6-3-2-4-7-15/h5,8-9,12,15H,2-4,6-7,10-11,13-14H2,1H3,(H,20,22)(H,21,23). The van der Waals surface area contributed by atoms with Crippen molar-refractivity contribution < 1.29 is 14.3 Å². The van der Waals surface area contributed by atoms with Gasteiger partial charge >= 0.3 is 0 Å². The number of carbonyl (C=O) groups excluding carboxylic acids is 2. The number of carbonyl (C=O) groups is 2. The highest BCUT2D eigenvalue weighted by atomic mass is 16.5. The molecule has 1 aromatic rings. The van der Waals surface area contributed by atoms with Crippen molar-refractivity contribution in [2.24, 2.45) is 5.92 Å². The molecule has 1 saturated carbocycles. The van der Waals surface area contributed by atoms with E-state index in [2.05, 4.69) is 10.6 Å². The molecule has 5 heteroatoms. The van der Waals surface area contributed by atoms with Gasteiger partial charge in [-0.1, -0.05) is 31.4 Å². The molecule has 0 aromatic heterocycles. The van der Waals surface area contributed by atoms with Crippen molar-refractivity contribution >= 4 is 11.8 Å². The number of ether oxygens (including phenoxy) is 1. The third-order valence-corrected chi connectivity index (χ3v) is 4.43. The fourth-order valence-electron chi connectivity index (χ4n) is 3.17. The van der Waals surface area contributed by atoms with Crippen molar-refractivity contribution in [3.8, 4) is 0 Å². The average molecular weight is 332 g/mol. The molecule has 0 unspecified atom stereocenters. The number of amides is 2. The summed E-state index contributed by atoms with van der Waals surface area (Å²) < 4.78 is 5.07. The lowest BCUT2D eigenvalue weighted by Gasteiger charge is -2.20. The molecule has 2 amide bonds. The molecule has 24 heavy (non-hydrogen) atoms. The number of nitrogens with one attached hydrogen (secondary N) is 2. The molecule has 1 aliphatic carbocycles. The van der Waals surface area contributed by atoms with Crippen LogP contribution < -0.4 is 10.6 Å². The predicted molar refractivity (Wildman–Crippen MR) is 93.7 cm³/mol. The Hall–Kier alpha value is -1.88. The van der Waals surface area contributed by atoms with Crippen LogP contribution in [0.15, 0.2) is 24.3 Å². The van der Waals surface area contributed by atoms with Crippen molar-refractivity contribution in [2.75, 3.05) is 20.2 Å². The molecule has 1 aliphatic rings. The normalized spacial score (nSPS) is 15.0. The second kappa shape index (κ2) is 10.1. The zero-order valence-corrected chi connectivity index (χ0v) is 14.5. The van der Waals surface area contributed by atoms with E-state index < -0.39 is 0 Å². The Balaban J connectivity index is 1.65. The average Bonchev–Trinajstić information content (AvgIpc) is 2.60. The van der Waals surface area contributed by atoms with Crippen LogP contribution in [0.4, 0.5) is 0 Å². The minimum atomic E-state index is -0.130. The largest absolute Gasteiger partial charge is 0.380 e. The minimum Gasteiger partial charge on any atom is -0.380 e. The number of hydrogen-bond acceptors (Lipinski definition) is 3. The number of methoxy groups -OCH3 is 1. The Bertz CT molecular complexity index is 539. The van der Waals surface area contributed by atoms with E-state index in [4.69, 9.17) is 4.74 Å². The quantitative estimate of drug-likeness (QED) is 0.719. The summed E-state index contributed by atoms with van der Waals surface area (Å²) in [6.45, 7) is 1.39. The third-order valence-electron chi connectivity index (χ3n) is 4.43. The van der Waals surface area contributed by atoms with Crippen LogP contribution in [0.5, 0.6) is 0 Å². The van der Waals surface area contributed by atoms with Crippen LogP contribution in [0.2, 0.25) is 0 Å². The number of benzene rings is 1. The molecule has 2 rings (SSSR count). The fraction of sp³-hybridized carbons (Fsp3) is 0.579. The van der Waals surface area contributed by atoms with E-state index in [0.29, 0.717) is 37.6 Å². The predicted octanol–water partition coefficient (Wildman–Crippen LogP) is 2.65. The van der Waals surface area contributed by atoms with Crippen molar-refractivity contribution in [3.63, 3.8) is 0 Å². The van der Waals surface area contributed by atoms with Gasteiger partial charge in [0.15, 0.2) is 0 Å². The molecule has 1 aromatic carbocycles. The Labute approximate surface area is 144 Å². The van der Waals surface area contributed by atoms with Crippen LogP contribution in [-0.4, -0.2) is 32.0 Å². The van der Waals surface area contributed by atoms with Gasteiger partial charge in [0, 0.05) is 32.2 Å². The van der Waals surface area contributed by atoms with Crippen LogP contribution in [0.3, 0.4) is 0 Å².